The Kier molecular flexibility index (Phi) is 1.06. The Labute approximate surface area is 72.4 Å². The van der Waals surface area contributed by atoms with Gasteiger partial charge in [0.2, 0.25) is 0 Å². The highest BCUT2D eigenvalue weighted by atomic mass is 16.6. The van der Waals surface area contributed by atoms with E-state index in [-0.39, 0.29) is 5.60 Å². The van der Waals surface area contributed by atoms with Crippen molar-refractivity contribution in [1.82, 2.24) is 0 Å². The van der Waals surface area contributed by atoms with Crippen molar-refractivity contribution in [1.29, 1.82) is 0 Å². The summed E-state index contributed by atoms with van der Waals surface area (Å²) >= 11 is 0. The van der Waals surface area contributed by atoms with Crippen molar-refractivity contribution in [3.05, 3.63) is 35.4 Å². The summed E-state index contributed by atoms with van der Waals surface area (Å²) in [5, 5.41) is 0. The van der Waals surface area contributed by atoms with E-state index >= 15 is 0 Å². The molecule has 0 bridgehead atoms. The van der Waals surface area contributed by atoms with Crippen LogP contribution in [0, 0.1) is 0 Å². The number of fused-ring (bicyclic) bond motifs is 1. The van der Waals surface area contributed by atoms with Crippen LogP contribution >= 0.6 is 0 Å². The van der Waals surface area contributed by atoms with Crippen LogP contribution in [0.5, 0.6) is 0 Å². The monoisotopic (exact) mass is 160 g/mol. The lowest BCUT2D eigenvalue weighted by molar-refractivity contribution is 0.285. The molecule has 2 unspecified atom stereocenters. The molecule has 1 spiro atoms. The van der Waals surface area contributed by atoms with E-state index < -0.39 is 0 Å². The summed E-state index contributed by atoms with van der Waals surface area (Å²) in [6, 6.07) is 8.70. The first-order chi connectivity index (χ1) is 5.82. The molecule has 0 amide bonds. The molecule has 1 saturated heterocycles. The second-order valence-corrected chi connectivity index (χ2v) is 3.95. The molecule has 2 atom stereocenters. The predicted octanol–water partition coefficient (Wildman–Crippen LogP) is 2.12. The molecule has 1 aromatic carbocycles. The second kappa shape index (κ2) is 1.91. The van der Waals surface area contributed by atoms with Gasteiger partial charge in [0.15, 0.2) is 0 Å². The van der Waals surface area contributed by atoms with Crippen molar-refractivity contribution in [2.75, 3.05) is 6.61 Å². The average Bonchev–Trinajstić information content (AvgIpc) is 2.79. The van der Waals surface area contributed by atoms with Crippen molar-refractivity contribution in [3.8, 4) is 0 Å². The first-order valence-electron chi connectivity index (χ1n) is 4.54. The van der Waals surface area contributed by atoms with E-state index in [1.54, 1.807) is 0 Å². The van der Waals surface area contributed by atoms with Crippen molar-refractivity contribution in [2.24, 2.45) is 0 Å². The van der Waals surface area contributed by atoms with E-state index in [1.165, 1.54) is 11.1 Å². The molecular formula is C11H12O. The summed E-state index contributed by atoms with van der Waals surface area (Å²) < 4.78 is 5.55. The van der Waals surface area contributed by atoms with Crippen LogP contribution in [-0.4, -0.2) is 12.2 Å². The normalized spacial score (nSPS) is 36.9. The van der Waals surface area contributed by atoms with Gasteiger partial charge in [-0.1, -0.05) is 31.2 Å². The summed E-state index contributed by atoms with van der Waals surface area (Å²) in [5.41, 5.74) is 3.20. The number of benzene rings is 1. The third-order valence-electron chi connectivity index (χ3n) is 3.32. The molecule has 1 nitrogen and oxygen atoms in total. The third kappa shape index (κ3) is 0.674. The molecule has 0 N–H and O–H groups in total. The molecule has 1 aliphatic heterocycles. The summed E-state index contributed by atoms with van der Waals surface area (Å²) in [7, 11) is 0. The van der Waals surface area contributed by atoms with Crippen molar-refractivity contribution < 1.29 is 4.74 Å². The summed E-state index contributed by atoms with van der Waals surface area (Å²) in [5.74, 6) is 0.605. The molecule has 3 rings (SSSR count). The Morgan fingerprint density at radius 1 is 1.42 bits per heavy atom. The van der Waals surface area contributed by atoms with Crippen LogP contribution in [0.2, 0.25) is 0 Å². The van der Waals surface area contributed by atoms with Gasteiger partial charge in [0.25, 0.3) is 0 Å². The minimum atomic E-state index is 0.212. The topological polar surface area (TPSA) is 12.5 Å². The lowest BCUT2D eigenvalue weighted by atomic mass is 9.95. The zero-order chi connectivity index (χ0) is 8.18. The molecule has 1 fully saturated rings. The van der Waals surface area contributed by atoms with Gasteiger partial charge in [-0.05, 0) is 11.1 Å². The SMILES string of the molecule is CC1c2ccccc2CC12CO2. The van der Waals surface area contributed by atoms with Gasteiger partial charge in [-0.3, -0.25) is 0 Å². The van der Waals surface area contributed by atoms with E-state index in [0.29, 0.717) is 5.92 Å². The van der Waals surface area contributed by atoms with Crippen LogP contribution in [0.25, 0.3) is 0 Å². The molecular weight excluding hydrogens is 148 g/mol. The fourth-order valence-electron chi connectivity index (χ4n) is 2.32. The fourth-order valence-corrected chi connectivity index (χ4v) is 2.32. The standard InChI is InChI=1S/C11H12O/c1-8-10-5-3-2-4-9(10)6-11(8)7-12-11/h2-5,8H,6-7H2,1H3. The van der Waals surface area contributed by atoms with Crippen LogP contribution in [-0.2, 0) is 11.2 Å². The molecule has 1 heterocycles. The van der Waals surface area contributed by atoms with Crippen LogP contribution in [0.1, 0.15) is 24.0 Å². The molecule has 1 aliphatic carbocycles. The van der Waals surface area contributed by atoms with Gasteiger partial charge in [0, 0.05) is 12.3 Å². The Hall–Kier alpha value is -0.820. The minimum absolute atomic E-state index is 0.212. The third-order valence-corrected chi connectivity index (χ3v) is 3.32. The molecule has 12 heavy (non-hydrogen) atoms. The average molecular weight is 160 g/mol. The molecule has 0 radical (unpaired) electrons. The zero-order valence-corrected chi connectivity index (χ0v) is 7.21. The fraction of sp³-hybridized carbons (Fsp3) is 0.455. The molecule has 0 aromatic heterocycles. The second-order valence-electron chi connectivity index (χ2n) is 3.95. The van der Waals surface area contributed by atoms with Gasteiger partial charge in [-0.15, -0.1) is 0 Å². The van der Waals surface area contributed by atoms with Crippen molar-refractivity contribution in [2.45, 2.75) is 24.9 Å². The minimum Gasteiger partial charge on any atom is -0.369 e. The molecule has 0 saturated carbocycles. The lowest BCUT2D eigenvalue weighted by Crippen LogP contribution is -2.14. The maximum absolute atomic E-state index is 5.55. The lowest BCUT2D eigenvalue weighted by Gasteiger charge is -2.08. The van der Waals surface area contributed by atoms with Crippen molar-refractivity contribution in [3.63, 3.8) is 0 Å². The van der Waals surface area contributed by atoms with Gasteiger partial charge in [-0.25, -0.2) is 0 Å². The number of rotatable bonds is 0. The zero-order valence-electron chi connectivity index (χ0n) is 7.21. The Bertz CT molecular complexity index is 326. The Balaban J connectivity index is 2.13. The molecule has 2 aliphatic rings. The van der Waals surface area contributed by atoms with E-state index in [1.807, 2.05) is 0 Å². The van der Waals surface area contributed by atoms with E-state index in [2.05, 4.69) is 31.2 Å². The quantitative estimate of drug-likeness (QED) is 0.529. The van der Waals surface area contributed by atoms with Gasteiger partial charge in [0.05, 0.1) is 6.61 Å². The number of ether oxygens (including phenoxy) is 1. The first kappa shape index (κ1) is 6.67. The molecule has 1 heteroatoms. The highest BCUT2D eigenvalue weighted by Crippen LogP contribution is 2.50. The summed E-state index contributed by atoms with van der Waals surface area (Å²) in [6.45, 7) is 3.24. The number of hydrogen-bond acceptors (Lipinski definition) is 1. The Morgan fingerprint density at radius 2 is 2.17 bits per heavy atom. The van der Waals surface area contributed by atoms with Crippen LogP contribution in [0.3, 0.4) is 0 Å². The van der Waals surface area contributed by atoms with Crippen LogP contribution < -0.4 is 0 Å². The smallest absolute Gasteiger partial charge is 0.102 e. The number of hydrogen-bond donors (Lipinski definition) is 0. The maximum atomic E-state index is 5.55. The highest BCUT2D eigenvalue weighted by molar-refractivity contribution is 5.41. The van der Waals surface area contributed by atoms with Gasteiger partial charge >= 0.3 is 0 Å². The van der Waals surface area contributed by atoms with Crippen molar-refractivity contribution >= 4 is 0 Å². The molecule has 62 valence electrons. The van der Waals surface area contributed by atoms with Gasteiger partial charge in [-0.2, -0.15) is 0 Å². The first-order valence-corrected chi connectivity index (χ1v) is 4.54. The van der Waals surface area contributed by atoms with Gasteiger partial charge < -0.3 is 4.74 Å². The number of epoxide rings is 1. The summed E-state index contributed by atoms with van der Waals surface area (Å²) in [6.07, 6.45) is 1.13. The van der Waals surface area contributed by atoms with Gasteiger partial charge in [0.1, 0.15) is 5.60 Å². The van der Waals surface area contributed by atoms with E-state index in [4.69, 9.17) is 4.74 Å². The van der Waals surface area contributed by atoms with Crippen LogP contribution in [0.15, 0.2) is 24.3 Å². The van der Waals surface area contributed by atoms with Crippen LogP contribution in [0.4, 0.5) is 0 Å². The van der Waals surface area contributed by atoms with E-state index in [0.717, 1.165) is 13.0 Å². The van der Waals surface area contributed by atoms with E-state index in [9.17, 15) is 0 Å². The summed E-state index contributed by atoms with van der Waals surface area (Å²) in [4.78, 5) is 0. The Morgan fingerprint density at radius 3 is 2.83 bits per heavy atom. The largest absolute Gasteiger partial charge is 0.369 e. The predicted molar refractivity (Wildman–Crippen MR) is 47.2 cm³/mol. The maximum Gasteiger partial charge on any atom is 0.102 e. The highest BCUT2D eigenvalue weighted by Gasteiger charge is 2.54. The molecule has 1 aromatic rings.